The van der Waals surface area contributed by atoms with Gasteiger partial charge in [0.15, 0.2) is 0 Å². The van der Waals surface area contributed by atoms with Crippen LogP contribution < -0.4 is 5.32 Å². The summed E-state index contributed by atoms with van der Waals surface area (Å²) in [7, 11) is 0. The van der Waals surface area contributed by atoms with Gasteiger partial charge in [-0.15, -0.1) is 0 Å². The Morgan fingerprint density at radius 1 is 1.22 bits per heavy atom. The van der Waals surface area contributed by atoms with Crippen LogP contribution in [0.1, 0.15) is 36.9 Å². The topological polar surface area (TPSA) is 93.3 Å². The summed E-state index contributed by atoms with van der Waals surface area (Å²) in [6.45, 7) is 5.15. The van der Waals surface area contributed by atoms with E-state index in [-0.39, 0.29) is 18.0 Å². The second kappa shape index (κ2) is 8.77. The van der Waals surface area contributed by atoms with Crippen LogP contribution in [0, 0.1) is 17.0 Å². The number of carbonyl (C=O) groups excluding carboxylic acids is 1. The maximum absolute atomic E-state index is 12.1. The van der Waals surface area contributed by atoms with Crippen molar-refractivity contribution in [2.45, 2.75) is 45.7 Å². The molecule has 0 bridgehead atoms. The van der Waals surface area contributed by atoms with E-state index >= 15 is 0 Å². The van der Waals surface area contributed by atoms with Crippen molar-refractivity contribution in [3.05, 3.63) is 51.8 Å². The van der Waals surface area contributed by atoms with Gasteiger partial charge in [0, 0.05) is 25.2 Å². The minimum Gasteiger partial charge on any atom is -0.326 e. The Morgan fingerprint density at radius 3 is 2.56 bits per heavy atom. The number of amides is 1. The molecule has 144 valence electrons. The first-order valence-corrected chi connectivity index (χ1v) is 9.31. The predicted molar refractivity (Wildman–Crippen MR) is 102 cm³/mol. The molecule has 1 aliphatic rings. The van der Waals surface area contributed by atoms with E-state index in [1.807, 2.05) is 24.3 Å². The Labute approximate surface area is 158 Å². The molecule has 0 atom stereocenters. The van der Waals surface area contributed by atoms with E-state index in [4.69, 9.17) is 0 Å². The van der Waals surface area contributed by atoms with Gasteiger partial charge < -0.3 is 5.32 Å². The van der Waals surface area contributed by atoms with Crippen LogP contribution in [-0.2, 0) is 17.9 Å². The summed E-state index contributed by atoms with van der Waals surface area (Å²) in [6.07, 6.45) is 5.43. The molecule has 1 amide bonds. The van der Waals surface area contributed by atoms with E-state index in [0.717, 1.165) is 25.3 Å². The number of nitrogens with one attached hydrogen (secondary N) is 1. The van der Waals surface area contributed by atoms with Crippen LogP contribution in [-0.4, -0.2) is 38.6 Å². The summed E-state index contributed by atoms with van der Waals surface area (Å²) in [4.78, 5) is 24.9. The van der Waals surface area contributed by atoms with Crippen molar-refractivity contribution in [2.24, 2.45) is 0 Å². The molecule has 8 heteroatoms. The Kier molecular flexibility index (Phi) is 6.18. The number of benzene rings is 1. The molecule has 0 aliphatic carbocycles. The molecule has 1 aliphatic heterocycles. The number of likely N-dealkylation sites (tertiary alicyclic amines) is 1. The molecule has 27 heavy (non-hydrogen) atoms. The van der Waals surface area contributed by atoms with Crippen LogP contribution >= 0.6 is 0 Å². The molecule has 2 aromatic rings. The minimum atomic E-state index is -0.468. The second-order valence-electron chi connectivity index (χ2n) is 6.95. The van der Waals surface area contributed by atoms with Crippen molar-refractivity contribution in [1.82, 2.24) is 14.7 Å². The number of nitro groups is 1. The van der Waals surface area contributed by atoms with Crippen LogP contribution in [0.4, 0.5) is 11.4 Å². The van der Waals surface area contributed by atoms with Gasteiger partial charge in [0.1, 0.15) is 11.9 Å². The maximum atomic E-state index is 12.1. The van der Waals surface area contributed by atoms with Gasteiger partial charge in [-0.3, -0.25) is 24.5 Å². The molecule has 1 saturated heterocycles. The van der Waals surface area contributed by atoms with E-state index < -0.39 is 4.92 Å². The van der Waals surface area contributed by atoms with Gasteiger partial charge in [0.2, 0.25) is 5.91 Å². The molecule has 0 spiro atoms. The summed E-state index contributed by atoms with van der Waals surface area (Å²) in [5.41, 5.74) is 2.32. The number of carbonyl (C=O) groups is 1. The Morgan fingerprint density at radius 2 is 1.93 bits per heavy atom. The Bertz CT molecular complexity index is 794. The first-order chi connectivity index (χ1) is 13.0. The first-order valence-electron chi connectivity index (χ1n) is 9.31. The minimum absolute atomic E-state index is 0.0281. The van der Waals surface area contributed by atoms with Gasteiger partial charge in [-0.2, -0.15) is 5.10 Å². The number of hydrogen-bond acceptors (Lipinski definition) is 5. The second-order valence-corrected chi connectivity index (χ2v) is 6.95. The number of rotatable bonds is 7. The van der Waals surface area contributed by atoms with E-state index in [1.54, 1.807) is 6.92 Å². The lowest BCUT2D eigenvalue weighted by molar-refractivity contribution is -0.385. The van der Waals surface area contributed by atoms with Crippen LogP contribution in [0.5, 0.6) is 0 Å². The van der Waals surface area contributed by atoms with Crippen molar-refractivity contribution < 1.29 is 9.72 Å². The molecule has 1 fully saturated rings. The fourth-order valence-electron chi connectivity index (χ4n) is 3.31. The molecule has 1 aromatic heterocycles. The molecule has 8 nitrogen and oxygen atoms in total. The fourth-order valence-corrected chi connectivity index (χ4v) is 3.31. The third-order valence-electron chi connectivity index (χ3n) is 4.78. The van der Waals surface area contributed by atoms with Crippen molar-refractivity contribution >= 4 is 17.3 Å². The number of aromatic nitrogens is 2. The van der Waals surface area contributed by atoms with E-state index in [2.05, 4.69) is 15.3 Å². The van der Waals surface area contributed by atoms with Crippen molar-refractivity contribution in [3.63, 3.8) is 0 Å². The SMILES string of the molecule is Cc1nn(CCC(=O)Nc2ccc(CN3CCCCC3)cc2)cc1[N+](=O)[O-]. The number of hydrogen-bond donors (Lipinski definition) is 1. The highest BCUT2D eigenvalue weighted by atomic mass is 16.6. The normalized spacial score (nSPS) is 14.9. The van der Waals surface area contributed by atoms with Crippen molar-refractivity contribution in [2.75, 3.05) is 18.4 Å². The number of nitrogens with zero attached hydrogens (tertiary/aromatic N) is 4. The lowest BCUT2D eigenvalue weighted by Crippen LogP contribution is -2.29. The highest BCUT2D eigenvalue weighted by molar-refractivity contribution is 5.90. The molecule has 1 aromatic carbocycles. The average Bonchev–Trinajstić information content (AvgIpc) is 3.04. The van der Waals surface area contributed by atoms with Gasteiger partial charge in [-0.05, 0) is 50.6 Å². The number of aryl methyl sites for hydroxylation is 2. The fraction of sp³-hybridized carbons (Fsp3) is 0.474. The van der Waals surface area contributed by atoms with Gasteiger partial charge in [-0.1, -0.05) is 18.6 Å². The summed E-state index contributed by atoms with van der Waals surface area (Å²) < 4.78 is 1.44. The zero-order chi connectivity index (χ0) is 19.2. The first kappa shape index (κ1) is 19.0. The zero-order valence-electron chi connectivity index (χ0n) is 15.6. The molecule has 0 radical (unpaired) electrons. The van der Waals surface area contributed by atoms with Gasteiger partial charge in [0.25, 0.3) is 0 Å². The molecule has 0 saturated carbocycles. The molecular weight excluding hydrogens is 346 g/mol. The highest BCUT2D eigenvalue weighted by Crippen LogP contribution is 2.17. The quantitative estimate of drug-likeness (QED) is 0.596. The molecule has 2 heterocycles. The summed E-state index contributed by atoms with van der Waals surface area (Å²) >= 11 is 0. The highest BCUT2D eigenvalue weighted by Gasteiger charge is 2.15. The van der Waals surface area contributed by atoms with Gasteiger partial charge in [0.05, 0.1) is 4.92 Å². The van der Waals surface area contributed by atoms with Crippen molar-refractivity contribution in [1.29, 1.82) is 0 Å². The molecule has 1 N–H and O–H groups in total. The summed E-state index contributed by atoms with van der Waals surface area (Å²) in [6, 6.07) is 7.93. The van der Waals surface area contributed by atoms with Gasteiger partial charge >= 0.3 is 5.69 Å². The summed E-state index contributed by atoms with van der Waals surface area (Å²) in [5, 5.41) is 17.8. The monoisotopic (exact) mass is 371 g/mol. The van der Waals surface area contributed by atoms with E-state index in [0.29, 0.717) is 12.2 Å². The lowest BCUT2D eigenvalue weighted by Gasteiger charge is -2.26. The molecule has 3 rings (SSSR count). The largest absolute Gasteiger partial charge is 0.326 e. The third-order valence-corrected chi connectivity index (χ3v) is 4.78. The standard InChI is InChI=1S/C19H25N5O3/c1-15-18(24(26)27)14-23(21-15)12-9-19(25)20-17-7-5-16(6-8-17)13-22-10-3-2-4-11-22/h5-8,14H,2-4,9-13H2,1H3,(H,20,25). The van der Waals surface area contributed by atoms with E-state index in [9.17, 15) is 14.9 Å². The Hall–Kier alpha value is -2.74. The lowest BCUT2D eigenvalue weighted by atomic mass is 10.1. The molecule has 0 unspecified atom stereocenters. The van der Waals surface area contributed by atoms with Crippen LogP contribution in [0.25, 0.3) is 0 Å². The van der Waals surface area contributed by atoms with Crippen LogP contribution in [0.2, 0.25) is 0 Å². The van der Waals surface area contributed by atoms with Gasteiger partial charge in [-0.25, -0.2) is 0 Å². The summed E-state index contributed by atoms with van der Waals surface area (Å²) in [5.74, 6) is -0.144. The smallest absolute Gasteiger partial charge is 0.309 e. The predicted octanol–water partition coefficient (Wildman–Crippen LogP) is 3.11. The average molecular weight is 371 g/mol. The Balaban J connectivity index is 1.47. The maximum Gasteiger partial charge on any atom is 0.309 e. The molecular formula is C19H25N5O3. The van der Waals surface area contributed by atoms with Crippen molar-refractivity contribution in [3.8, 4) is 0 Å². The zero-order valence-corrected chi connectivity index (χ0v) is 15.6. The number of piperidine rings is 1. The van der Waals surface area contributed by atoms with Crippen LogP contribution in [0.15, 0.2) is 30.5 Å². The van der Waals surface area contributed by atoms with E-state index in [1.165, 1.54) is 35.7 Å². The number of anilines is 1. The third kappa shape index (κ3) is 5.37. The van der Waals surface area contributed by atoms with Crippen LogP contribution in [0.3, 0.4) is 0 Å².